The number of piperidine rings is 1. The molecule has 0 radical (unpaired) electrons. The predicted molar refractivity (Wildman–Crippen MR) is 92.9 cm³/mol. The first-order valence-electron chi connectivity index (χ1n) is 8.43. The lowest BCUT2D eigenvalue weighted by Gasteiger charge is -2.42. The summed E-state index contributed by atoms with van der Waals surface area (Å²) < 4.78 is 29.2. The fourth-order valence-electron chi connectivity index (χ4n) is 3.73. The summed E-state index contributed by atoms with van der Waals surface area (Å²) in [6, 6.07) is 1.18. The Hall–Kier alpha value is -1.38. The second-order valence-corrected chi connectivity index (χ2v) is 9.93. The highest BCUT2D eigenvalue weighted by Gasteiger charge is 2.51. The van der Waals surface area contributed by atoms with Crippen LogP contribution in [0.15, 0.2) is 12.3 Å². The van der Waals surface area contributed by atoms with E-state index in [4.69, 9.17) is 0 Å². The van der Waals surface area contributed by atoms with Crippen LogP contribution in [-0.4, -0.2) is 43.5 Å². The first-order chi connectivity index (χ1) is 11.6. The number of carbonyl (C=O) groups is 1. The average Bonchev–Trinajstić information content (AvgIpc) is 2.80. The number of fused-ring (bicyclic) bond motifs is 1. The molecule has 3 rings (SSSR count). The highest BCUT2D eigenvalue weighted by atomic mass is 32.2. The summed E-state index contributed by atoms with van der Waals surface area (Å²) in [5, 5.41) is 9.20. The third-order valence-corrected chi connectivity index (χ3v) is 6.79. The highest BCUT2D eigenvalue weighted by Crippen LogP contribution is 2.52. The lowest BCUT2D eigenvalue weighted by Crippen LogP contribution is -2.50. The Morgan fingerprint density at radius 2 is 2.12 bits per heavy atom. The molecule has 2 heterocycles. The van der Waals surface area contributed by atoms with Crippen molar-refractivity contribution in [2.75, 3.05) is 13.1 Å². The van der Waals surface area contributed by atoms with Gasteiger partial charge in [0.25, 0.3) is 0 Å². The van der Waals surface area contributed by atoms with Crippen LogP contribution in [0.4, 0.5) is 9.18 Å². The highest BCUT2D eigenvalue weighted by molar-refractivity contribution is 7.90. The molecule has 6 nitrogen and oxygen atoms in total. The number of rotatable bonds is 2. The molecule has 138 valence electrons. The second-order valence-electron chi connectivity index (χ2n) is 7.93. The maximum Gasteiger partial charge on any atom is 0.407 e. The number of aromatic nitrogens is 1. The summed E-state index contributed by atoms with van der Waals surface area (Å²) in [4.78, 5) is 16.9. The summed E-state index contributed by atoms with van der Waals surface area (Å²) in [6.45, 7) is 6.50. The van der Waals surface area contributed by atoms with Crippen LogP contribution < -0.4 is 4.72 Å². The molecule has 0 aromatic carbocycles. The molecule has 25 heavy (non-hydrogen) atoms. The Bertz CT molecular complexity index is 672. The summed E-state index contributed by atoms with van der Waals surface area (Å²) >= 11 is -1.32. The minimum atomic E-state index is -1.32. The van der Waals surface area contributed by atoms with Gasteiger partial charge in [-0.25, -0.2) is 9.18 Å². The average molecular weight is 369 g/mol. The van der Waals surface area contributed by atoms with E-state index in [1.54, 1.807) is 0 Å². The zero-order valence-corrected chi connectivity index (χ0v) is 15.5. The van der Waals surface area contributed by atoms with E-state index >= 15 is 0 Å². The van der Waals surface area contributed by atoms with E-state index in [1.807, 2.05) is 20.8 Å². The van der Waals surface area contributed by atoms with Gasteiger partial charge in [0.2, 0.25) is 0 Å². The quantitative estimate of drug-likeness (QED) is 0.783. The number of carboxylic acid groups (broad SMARTS) is 1. The summed E-state index contributed by atoms with van der Waals surface area (Å²) in [6.07, 6.45) is 2.21. The lowest BCUT2D eigenvalue weighted by atomic mass is 9.73. The van der Waals surface area contributed by atoms with E-state index in [2.05, 4.69) is 9.71 Å². The summed E-state index contributed by atoms with van der Waals surface area (Å²) in [7, 11) is 0. The number of amides is 1. The predicted octanol–water partition coefficient (Wildman–Crippen LogP) is 2.63. The van der Waals surface area contributed by atoms with Crippen molar-refractivity contribution in [3.63, 3.8) is 0 Å². The molecule has 2 N–H and O–H groups in total. The first-order valence-corrected chi connectivity index (χ1v) is 9.58. The number of pyridine rings is 1. The van der Waals surface area contributed by atoms with E-state index < -0.39 is 28.0 Å². The smallest absolute Gasteiger partial charge is 0.407 e. The number of hydrogen-bond donors (Lipinski definition) is 2. The molecule has 1 saturated heterocycles. The number of likely N-dealkylation sites (tertiary alicyclic amines) is 1. The van der Waals surface area contributed by atoms with Crippen molar-refractivity contribution < 1.29 is 18.8 Å². The topological polar surface area (TPSA) is 88.5 Å². The van der Waals surface area contributed by atoms with Crippen LogP contribution in [0.25, 0.3) is 0 Å². The maximum absolute atomic E-state index is 13.8. The standard InChI is InChI=1S/C17H24FN3O3S/c1-16(2,3)25(24)20-14-12-8-11(18)10-19-13(12)9-17(14)4-6-21(7-5-17)15(22)23/h8,10,14,20H,4-7,9H2,1-3H3,(H,22,23)/t14-,25?/m1/s1. The zero-order chi connectivity index (χ0) is 18.4. The van der Waals surface area contributed by atoms with Crippen LogP contribution in [-0.2, 0) is 17.8 Å². The minimum Gasteiger partial charge on any atom is -0.598 e. The summed E-state index contributed by atoms with van der Waals surface area (Å²) in [5.74, 6) is -0.410. The Morgan fingerprint density at radius 3 is 2.68 bits per heavy atom. The zero-order valence-electron chi connectivity index (χ0n) is 14.7. The molecule has 2 aliphatic rings. The number of nitrogens with one attached hydrogen (secondary N) is 1. The van der Waals surface area contributed by atoms with Crippen molar-refractivity contribution >= 4 is 17.5 Å². The second kappa shape index (κ2) is 6.41. The van der Waals surface area contributed by atoms with E-state index in [9.17, 15) is 18.8 Å². The van der Waals surface area contributed by atoms with Crippen LogP contribution in [0, 0.1) is 11.2 Å². The largest absolute Gasteiger partial charge is 0.598 e. The lowest BCUT2D eigenvalue weighted by molar-refractivity contribution is 0.0762. The van der Waals surface area contributed by atoms with Gasteiger partial charge >= 0.3 is 6.09 Å². The molecule has 1 fully saturated rings. The van der Waals surface area contributed by atoms with Gasteiger partial charge in [0.1, 0.15) is 10.6 Å². The molecule has 1 amide bonds. The molecule has 0 saturated carbocycles. The van der Waals surface area contributed by atoms with Gasteiger partial charge < -0.3 is 14.6 Å². The Labute approximate surface area is 150 Å². The van der Waals surface area contributed by atoms with Crippen molar-refractivity contribution in [1.82, 2.24) is 14.6 Å². The normalized spacial score (nSPS) is 23.6. The molecule has 8 heteroatoms. The third-order valence-electron chi connectivity index (χ3n) is 5.22. The van der Waals surface area contributed by atoms with Gasteiger partial charge in [0.15, 0.2) is 0 Å². The number of halogens is 1. The molecule has 1 aromatic heterocycles. The van der Waals surface area contributed by atoms with Gasteiger partial charge in [-0.05, 0) is 51.7 Å². The Kier molecular flexibility index (Phi) is 4.72. The SMILES string of the molecule is CC(C)(C)[S+]([O-])N[C@@H]1c2cc(F)cnc2CC12CCN(C(=O)O)CC2. The maximum atomic E-state index is 13.8. The minimum absolute atomic E-state index is 0.282. The van der Waals surface area contributed by atoms with Crippen molar-refractivity contribution in [3.05, 3.63) is 29.3 Å². The van der Waals surface area contributed by atoms with E-state index in [0.717, 1.165) is 11.3 Å². The van der Waals surface area contributed by atoms with E-state index in [1.165, 1.54) is 17.2 Å². The molecule has 1 aliphatic heterocycles. The molecular weight excluding hydrogens is 345 g/mol. The molecule has 1 unspecified atom stereocenters. The fraction of sp³-hybridized carbons (Fsp3) is 0.647. The Morgan fingerprint density at radius 1 is 1.48 bits per heavy atom. The molecule has 0 bridgehead atoms. The van der Waals surface area contributed by atoms with Crippen molar-refractivity contribution in [2.24, 2.45) is 5.41 Å². The van der Waals surface area contributed by atoms with Gasteiger partial charge in [-0.1, -0.05) is 0 Å². The monoisotopic (exact) mass is 369 g/mol. The molecule has 1 spiro atoms. The van der Waals surface area contributed by atoms with Crippen molar-refractivity contribution in [2.45, 2.75) is 50.8 Å². The summed E-state index contributed by atoms with van der Waals surface area (Å²) in [5.41, 5.74) is 1.28. The molecule has 1 aromatic rings. The third kappa shape index (κ3) is 3.47. The van der Waals surface area contributed by atoms with Gasteiger partial charge in [-0.2, -0.15) is 0 Å². The Balaban J connectivity index is 1.91. The number of nitrogens with zero attached hydrogens (tertiary/aromatic N) is 2. The van der Waals surface area contributed by atoms with Gasteiger partial charge in [0, 0.05) is 35.6 Å². The van der Waals surface area contributed by atoms with Crippen LogP contribution >= 0.6 is 0 Å². The van der Waals surface area contributed by atoms with Crippen molar-refractivity contribution in [3.8, 4) is 0 Å². The van der Waals surface area contributed by atoms with Crippen molar-refractivity contribution in [1.29, 1.82) is 0 Å². The van der Waals surface area contributed by atoms with Gasteiger partial charge in [-0.3, -0.25) is 4.98 Å². The van der Waals surface area contributed by atoms with Crippen LogP contribution in [0.5, 0.6) is 0 Å². The van der Waals surface area contributed by atoms with Crippen LogP contribution in [0.3, 0.4) is 0 Å². The molecule has 2 atom stereocenters. The van der Waals surface area contributed by atoms with Crippen LogP contribution in [0.2, 0.25) is 0 Å². The molecular formula is C17H24FN3O3S. The number of hydrogen-bond acceptors (Lipinski definition) is 4. The fourth-order valence-corrected chi connectivity index (χ4v) is 4.67. The van der Waals surface area contributed by atoms with E-state index in [0.29, 0.717) is 32.4 Å². The van der Waals surface area contributed by atoms with Crippen LogP contribution in [0.1, 0.15) is 50.9 Å². The van der Waals surface area contributed by atoms with Gasteiger partial charge in [-0.15, -0.1) is 4.72 Å². The molecule has 1 aliphatic carbocycles. The van der Waals surface area contributed by atoms with E-state index in [-0.39, 0.29) is 11.5 Å². The first kappa shape index (κ1) is 18.4. The van der Waals surface area contributed by atoms with Gasteiger partial charge in [0.05, 0.1) is 12.2 Å².